The van der Waals surface area contributed by atoms with Gasteiger partial charge in [-0.15, -0.1) is 11.8 Å². The van der Waals surface area contributed by atoms with Crippen molar-refractivity contribution in [1.82, 2.24) is 0 Å². The first-order chi connectivity index (χ1) is 9.95. The second-order valence-electron chi connectivity index (χ2n) is 6.24. The lowest BCUT2D eigenvalue weighted by Crippen LogP contribution is -2.27. The third kappa shape index (κ3) is 4.67. The number of benzene rings is 1. The minimum absolute atomic E-state index is 0.0267. The molecular weight excluding hydrogens is 280 g/mol. The molecule has 1 aromatic carbocycles. The minimum atomic E-state index is -0.0267. The molecule has 4 heteroatoms. The van der Waals surface area contributed by atoms with Gasteiger partial charge in [0.2, 0.25) is 5.91 Å². The van der Waals surface area contributed by atoms with E-state index in [9.17, 15) is 4.79 Å². The Bertz CT molecular complexity index is 504. The molecule has 1 aliphatic carbocycles. The third-order valence-electron chi connectivity index (χ3n) is 4.17. The van der Waals surface area contributed by atoms with Crippen LogP contribution in [0.5, 0.6) is 0 Å². The standard InChI is InChI=1S/C17H26N2OS/c1-11-5-4-6-15(9-11)21-13(3)17(20)19-16-10-14(18)8-7-12(16)2/h7-8,10-11,13,15H,4-6,9,18H2,1-3H3,(H,19,20). The largest absolute Gasteiger partial charge is 0.399 e. The summed E-state index contributed by atoms with van der Waals surface area (Å²) in [6, 6.07) is 5.62. The van der Waals surface area contributed by atoms with Crippen LogP contribution < -0.4 is 11.1 Å². The van der Waals surface area contributed by atoms with E-state index in [0.717, 1.165) is 17.2 Å². The summed E-state index contributed by atoms with van der Waals surface area (Å²) < 4.78 is 0. The third-order valence-corrected chi connectivity index (χ3v) is 5.61. The number of hydrogen-bond donors (Lipinski definition) is 2. The summed E-state index contributed by atoms with van der Waals surface area (Å²) in [6.07, 6.45) is 5.10. The van der Waals surface area contributed by atoms with Crippen molar-refractivity contribution in [2.24, 2.45) is 5.92 Å². The van der Waals surface area contributed by atoms with Crippen LogP contribution in [-0.2, 0) is 4.79 Å². The van der Waals surface area contributed by atoms with E-state index in [2.05, 4.69) is 12.2 Å². The first-order valence-corrected chi connectivity index (χ1v) is 8.72. The lowest BCUT2D eigenvalue weighted by Gasteiger charge is -2.28. The highest BCUT2D eigenvalue weighted by Crippen LogP contribution is 2.34. The maximum Gasteiger partial charge on any atom is 0.237 e. The van der Waals surface area contributed by atoms with Crippen LogP contribution in [-0.4, -0.2) is 16.4 Å². The Morgan fingerprint density at radius 2 is 2.19 bits per heavy atom. The van der Waals surface area contributed by atoms with Crippen LogP contribution in [0.3, 0.4) is 0 Å². The number of aryl methyl sites for hydroxylation is 1. The Hall–Kier alpha value is -1.16. The number of carbonyl (C=O) groups excluding carboxylic acids is 1. The molecule has 3 N–H and O–H groups in total. The van der Waals surface area contributed by atoms with Gasteiger partial charge in [-0.1, -0.05) is 25.8 Å². The van der Waals surface area contributed by atoms with E-state index in [1.54, 1.807) is 0 Å². The van der Waals surface area contributed by atoms with E-state index < -0.39 is 0 Å². The number of nitrogens with two attached hydrogens (primary N) is 1. The molecule has 0 heterocycles. The molecule has 21 heavy (non-hydrogen) atoms. The zero-order valence-corrected chi connectivity index (χ0v) is 14.0. The van der Waals surface area contributed by atoms with Gasteiger partial charge in [0.25, 0.3) is 0 Å². The van der Waals surface area contributed by atoms with Crippen molar-refractivity contribution < 1.29 is 4.79 Å². The summed E-state index contributed by atoms with van der Waals surface area (Å²) in [7, 11) is 0. The van der Waals surface area contributed by atoms with E-state index in [4.69, 9.17) is 5.73 Å². The van der Waals surface area contributed by atoms with Gasteiger partial charge in [0, 0.05) is 16.6 Å². The number of nitrogens with one attached hydrogen (secondary N) is 1. The number of rotatable bonds is 4. The molecule has 0 saturated heterocycles. The highest BCUT2D eigenvalue weighted by atomic mass is 32.2. The lowest BCUT2D eigenvalue weighted by atomic mass is 9.91. The number of amides is 1. The van der Waals surface area contributed by atoms with Gasteiger partial charge in [-0.3, -0.25) is 4.79 Å². The molecule has 3 atom stereocenters. The topological polar surface area (TPSA) is 55.1 Å². The van der Waals surface area contributed by atoms with E-state index in [1.165, 1.54) is 25.7 Å². The van der Waals surface area contributed by atoms with Crippen molar-refractivity contribution >= 4 is 29.0 Å². The molecule has 0 aliphatic heterocycles. The van der Waals surface area contributed by atoms with Crippen LogP contribution in [0.2, 0.25) is 0 Å². The van der Waals surface area contributed by atoms with Crippen LogP contribution >= 0.6 is 11.8 Å². The maximum atomic E-state index is 12.4. The quantitative estimate of drug-likeness (QED) is 0.819. The number of thioether (sulfide) groups is 1. The highest BCUT2D eigenvalue weighted by molar-refractivity contribution is 8.01. The molecule has 0 spiro atoms. The second kappa shape index (κ2) is 7.21. The van der Waals surface area contributed by atoms with E-state index in [1.807, 2.05) is 43.8 Å². The molecule has 1 amide bonds. The first-order valence-electron chi connectivity index (χ1n) is 7.78. The highest BCUT2D eigenvalue weighted by Gasteiger charge is 2.24. The summed E-state index contributed by atoms with van der Waals surface area (Å²) >= 11 is 1.82. The second-order valence-corrected chi connectivity index (χ2v) is 7.88. The number of anilines is 2. The predicted octanol–water partition coefficient (Wildman–Crippen LogP) is 4.22. The Balaban J connectivity index is 1.91. The molecule has 1 fully saturated rings. The van der Waals surface area contributed by atoms with Gasteiger partial charge >= 0.3 is 0 Å². The zero-order chi connectivity index (χ0) is 15.4. The normalized spacial score (nSPS) is 23.6. The van der Waals surface area contributed by atoms with Gasteiger partial charge < -0.3 is 11.1 Å². The molecular formula is C17H26N2OS. The van der Waals surface area contributed by atoms with E-state index in [-0.39, 0.29) is 11.2 Å². The van der Waals surface area contributed by atoms with Gasteiger partial charge in [0.15, 0.2) is 0 Å². The van der Waals surface area contributed by atoms with Crippen LogP contribution in [0, 0.1) is 12.8 Å². The Kier molecular flexibility index (Phi) is 5.57. The fraction of sp³-hybridized carbons (Fsp3) is 0.588. The van der Waals surface area contributed by atoms with Crippen molar-refractivity contribution in [2.45, 2.75) is 57.0 Å². The van der Waals surface area contributed by atoms with Crippen molar-refractivity contribution in [1.29, 1.82) is 0 Å². The van der Waals surface area contributed by atoms with Crippen molar-refractivity contribution in [3.8, 4) is 0 Å². The monoisotopic (exact) mass is 306 g/mol. The molecule has 3 unspecified atom stereocenters. The maximum absolute atomic E-state index is 12.4. The van der Waals surface area contributed by atoms with Crippen molar-refractivity contribution in [2.75, 3.05) is 11.1 Å². The SMILES string of the molecule is Cc1ccc(N)cc1NC(=O)C(C)SC1CCCC(C)C1. The van der Waals surface area contributed by atoms with Crippen molar-refractivity contribution in [3.63, 3.8) is 0 Å². The predicted molar refractivity (Wildman–Crippen MR) is 92.7 cm³/mol. The minimum Gasteiger partial charge on any atom is -0.399 e. The zero-order valence-electron chi connectivity index (χ0n) is 13.2. The summed E-state index contributed by atoms with van der Waals surface area (Å²) in [5.74, 6) is 0.870. The van der Waals surface area contributed by atoms with Gasteiger partial charge in [-0.2, -0.15) is 0 Å². The smallest absolute Gasteiger partial charge is 0.237 e. The van der Waals surface area contributed by atoms with Gasteiger partial charge in [0.1, 0.15) is 0 Å². The molecule has 2 rings (SSSR count). The molecule has 3 nitrogen and oxygen atoms in total. The Morgan fingerprint density at radius 1 is 1.43 bits per heavy atom. The van der Waals surface area contributed by atoms with E-state index >= 15 is 0 Å². The number of carbonyl (C=O) groups is 1. The summed E-state index contributed by atoms with van der Waals surface area (Å²) in [5.41, 5.74) is 8.33. The summed E-state index contributed by atoms with van der Waals surface area (Å²) in [5, 5.41) is 3.61. The van der Waals surface area contributed by atoms with Crippen LogP contribution in [0.15, 0.2) is 18.2 Å². The van der Waals surface area contributed by atoms with Crippen LogP contribution in [0.25, 0.3) is 0 Å². The summed E-state index contributed by atoms with van der Waals surface area (Å²) in [4.78, 5) is 12.4. The Morgan fingerprint density at radius 3 is 2.90 bits per heavy atom. The fourth-order valence-corrected chi connectivity index (χ4v) is 4.36. The molecule has 0 bridgehead atoms. The molecule has 0 aromatic heterocycles. The fourth-order valence-electron chi connectivity index (χ4n) is 2.86. The molecule has 1 aliphatic rings. The number of nitrogen functional groups attached to an aromatic ring is 1. The first kappa shape index (κ1) is 16.2. The lowest BCUT2D eigenvalue weighted by molar-refractivity contribution is -0.115. The van der Waals surface area contributed by atoms with Crippen LogP contribution in [0.1, 0.15) is 45.1 Å². The summed E-state index contributed by atoms with van der Waals surface area (Å²) in [6.45, 7) is 6.30. The van der Waals surface area contributed by atoms with Gasteiger partial charge in [-0.05, 0) is 50.3 Å². The number of hydrogen-bond acceptors (Lipinski definition) is 3. The van der Waals surface area contributed by atoms with Crippen LogP contribution in [0.4, 0.5) is 11.4 Å². The molecule has 1 aromatic rings. The Labute approximate surface area is 132 Å². The average molecular weight is 306 g/mol. The molecule has 0 radical (unpaired) electrons. The van der Waals surface area contributed by atoms with E-state index in [0.29, 0.717) is 10.9 Å². The molecule has 116 valence electrons. The van der Waals surface area contributed by atoms with Crippen molar-refractivity contribution in [3.05, 3.63) is 23.8 Å². The average Bonchev–Trinajstić information content (AvgIpc) is 2.43. The van der Waals surface area contributed by atoms with Gasteiger partial charge in [-0.25, -0.2) is 0 Å². The van der Waals surface area contributed by atoms with Gasteiger partial charge in [0.05, 0.1) is 5.25 Å². The molecule has 1 saturated carbocycles.